The van der Waals surface area contributed by atoms with E-state index in [9.17, 15) is 5.11 Å². The summed E-state index contributed by atoms with van der Waals surface area (Å²) in [5.74, 6) is 0.439. The van der Waals surface area contributed by atoms with Gasteiger partial charge in [-0.1, -0.05) is 41.0 Å². The molecule has 5 nitrogen and oxygen atoms in total. The van der Waals surface area contributed by atoms with Crippen molar-refractivity contribution in [2.75, 3.05) is 5.75 Å². The maximum Gasteiger partial charge on any atom is 0.209 e. The van der Waals surface area contributed by atoms with Crippen LogP contribution in [-0.4, -0.2) is 31.1 Å². The van der Waals surface area contributed by atoms with Gasteiger partial charge >= 0.3 is 0 Å². The fraction of sp³-hybridized carbons (Fsp3) is 0.417. The second-order valence-electron chi connectivity index (χ2n) is 4.63. The Balaban J connectivity index is 1.66. The zero-order chi connectivity index (χ0) is 14.1. The molecule has 1 fully saturated rings. The first-order valence-electron chi connectivity index (χ1n) is 6.19. The van der Waals surface area contributed by atoms with E-state index in [1.54, 1.807) is 18.2 Å². The number of benzene rings is 1. The Hall–Kier alpha value is -0.820. The molecule has 0 bridgehead atoms. The van der Waals surface area contributed by atoms with Crippen LogP contribution in [0.2, 0.25) is 10.0 Å². The van der Waals surface area contributed by atoms with Crippen molar-refractivity contribution in [3.63, 3.8) is 0 Å². The zero-order valence-corrected chi connectivity index (χ0v) is 12.7. The predicted molar refractivity (Wildman–Crippen MR) is 78.2 cm³/mol. The number of thioether (sulfide) groups is 1. The van der Waals surface area contributed by atoms with Gasteiger partial charge in [0.1, 0.15) is 0 Å². The van der Waals surface area contributed by atoms with Gasteiger partial charge < -0.3 is 5.11 Å². The molecule has 2 aromatic rings. The van der Waals surface area contributed by atoms with Gasteiger partial charge in [0, 0.05) is 21.4 Å². The monoisotopic (exact) mass is 330 g/mol. The highest BCUT2D eigenvalue weighted by Gasteiger charge is 2.28. The second-order valence-corrected chi connectivity index (χ2v) is 6.46. The fourth-order valence-corrected chi connectivity index (χ4v) is 3.28. The number of nitrogens with zero attached hydrogens (tertiary/aromatic N) is 4. The Morgan fingerprint density at radius 2 is 2.20 bits per heavy atom. The van der Waals surface area contributed by atoms with Gasteiger partial charge in [0.25, 0.3) is 0 Å². The van der Waals surface area contributed by atoms with E-state index in [2.05, 4.69) is 15.5 Å². The summed E-state index contributed by atoms with van der Waals surface area (Å²) in [4.78, 5) is 0. The van der Waals surface area contributed by atoms with Crippen LogP contribution in [0.1, 0.15) is 30.6 Å². The molecule has 0 aliphatic heterocycles. The third-order valence-corrected chi connectivity index (χ3v) is 4.62. The molecule has 1 saturated carbocycles. The van der Waals surface area contributed by atoms with Gasteiger partial charge in [0.15, 0.2) is 0 Å². The standard InChI is InChI=1S/C12H12Cl2N4OS/c13-7-1-4-9(10(14)5-7)11(19)6-20-12-15-16-17-18(12)8-2-3-8/h1,4-5,8,11,19H,2-3,6H2. The Morgan fingerprint density at radius 3 is 2.90 bits per heavy atom. The molecule has 1 aromatic carbocycles. The number of hydrogen-bond donors (Lipinski definition) is 1. The van der Waals surface area contributed by atoms with Crippen molar-refractivity contribution in [3.8, 4) is 0 Å². The van der Waals surface area contributed by atoms with Crippen molar-refractivity contribution in [1.82, 2.24) is 20.2 Å². The first-order chi connectivity index (χ1) is 9.65. The molecular weight excluding hydrogens is 319 g/mol. The minimum Gasteiger partial charge on any atom is -0.387 e. The molecule has 0 radical (unpaired) electrons. The van der Waals surface area contributed by atoms with Crippen LogP contribution in [0.25, 0.3) is 0 Å². The molecule has 0 saturated heterocycles. The predicted octanol–water partition coefficient (Wildman–Crippen LogP) is 3.14. The largest absolute Gasteiger partial charge is 0.387 e. The normalized spacial score (nSPS) is 16.4. The summed E-state index contributed by atoms with van der Waals surface area (Å²) in [6.07, 6.45) is 1.54. The average molecular weight is 331 g/mol. The van der Waals surface area contributed by atoms with Crippen LogP contribution >= 0.6 is 35.0 Å². The van der Waals surface area contributed by atoms with Crippen molar-refractivity contribution in [2.45, 2.75) is 30.1 Å². The summed E-state index contributed by atoms with van der Waals surface area (Å²) in [6.45, 7) is 0. The quantitative estimate of drug-likeness (QED) is 0.853. The first kappa shape index (κ1) is 14.1. The van der Waals surface area contributed by atoms with Gasteiger partial charge in [-0.05, 0) is 35.4 Å². The van der Waals surface area contributed by atoms with Crippen LogP contribution in [0.15, 0.2) is 23.4 Å². The topological polar surface area (TPSA) is 63.8 Å². The number of aliphatic hydroxyl groups is 1. The lowest BCUT2D eigenvalue weighted by atomic mass is 10.1. The number of hydrogen-bond acceptors (Lipinski definition) is 5. The van der Waals surface area contributed by atoms with Crippen molar-refractivity contribution in [1.29, 1.82) is 0 Å². The van der Waals surface area contributed by atoms with E-state index in [0.29, 0.717) is 27.4 Å². The van der Waals surface area contributed by atoms with E-state index < -0.39 is 6.10 Å². The van der Waals surface area contributed by atoms with Crippen molar-refractivity contribution in [2.24, 2.45) is 0 Å². The summed E-state index contributed by atoms with van der Waals surface area (Å²) >= 11 is 13.3. The molecule has 106 valence electrons. The molecule has 0 amide bonds. The van der Waals surface area contributed by atoms with Crippen LogP contribution in [0.3, 0.4) is 0 Å². The van der Waals surface area contributed by atoms with E-state index >= 15 is 0 Å². The smallest absolute Gasteiger partial charge is 0.209 e. The summed E-state index contributed by atoms with van der Waals surface area (Å²) in [7, 11) is 0. The Kier molecular flexibility index (Phi) is 4.16. The zero-order valence-electron chi connectivity index (χ0n) is 10.4. The highest BCUT2D eigenvalue weighted by Crippen LogP contribution is 2.37. The average Bonchev–Trinajstić information content (AvgIpc) is 3.15. The number of halogens is 2. The molecule has 0 spiro atoms. The van der Waals surface area contributed by atoms with Gasteiger partial charge in [-0.15, -0.1) is 5.10 Å². The van der Waals surface area contributed by atoms with Crippen LogP contribution < -0.4 is 0 Å². The van der Waals surface area contributed by atoms with Crippen LogP contribution in [0, 0.1) is 0 Å². The van der Waals surface area contributed by atoms with E-state index in [0.717, 1.165) is 18.0 Å². The lowest BCUT2D eigenvalue weighted by molar-refractivity contribution is 0.204. The van der Waals surface area contributed by atoms with Crippen LogP contribution in [0.5, 0.6) is 0 Å². The number of tetrazole rings is 1. The molecule has 20 heavy (non-hydrogen) atoms. The third kappa shape index (κ3) is 3.09. The Labute approximate surface area is 130 Å². The summed E-state index contributed by atoms with van der Waals surface area (Å²) in [6, 6.07) is 5.49. The van der Waals surface area contributed by atoms with E-state index in [1.807, 2.05) is 4.68 Å². The SMILES string of the molecule is OC(CSc1nnnn1C1CC1)c1ccc(Cl)cc1Cl. The molecule has 1 atom stereocenters. The van der Waals surface area contributed by atoms with Crippen molar-refractivity contribution >= 4 is 35.0 Å². The second kappa shape index (κ2) is 5.89. The lowest BCUT2D eigenvalue weighted by Crippen LogP contribution is -2.04. The molecular formula is C12H12Cl2N4OS. The summed E-state index contributed by atoms with van der Waals surface area (Å²) in [5.41, 5.74) is 0.661. The van der Waals surface area contributed by atoms with E-state index in [4.69, 9.17) is 23.2 Å². The molecule has 8 heteroatoms. The minimum atomic E-state index is -0.686. The molecule has 1 aliphatic carbocycles. The number of aliphatic hydroxyl groups excluding tert-OH is 1. The number of rotatable bonds is 5. The maximum atomic E-state index is 10.2. The molecule has 1 aliphatic rings. The molecule has 3 rings (SSSR count). The lowest BCUT2D eigenvalue weighted by Gasteiger charge is -2.12. The highest BCUT2D eigenvalue weighted by molar-refractivity contribution is 7.99. The molecule has 1 heterocycles. The number of aromatic nitrogens is 4. The summed E-state index contributed by atoms with van der Waals surface area (Å²) < 4.78 is 1.82. The van der Waals surface area contributed by atoms with Gasteiger partial charge in [0.05, 0.1) is 12.1 Å². The van der Waals surface area contributed by atoms with Crippen molar-refractivity contribution < 1.29 is 5.11 Å². The molecule has 1 N–H and O–H groups in total. The van der Waals surface area contributed by atoms with Gasteiger partial charge in [0.2, 0.25) is 5.16 Å². The van der Waals surface area contributed by atoms with Crippen molar-refractivity contribution in [3.05, 3.63) is 33.8 Å². The van der Waals surface area contributed by atoms with E-state index in [1.165, 1.54) is 11.8 Å². The van der Waals surface area contributed by atoms with Gasteiger partial charge in [-0.25, -0.2) is 4.68 Å². The fourth-order valence-electron chi connectivity index (χ4n) is 1.84. The summed E-state index contributed by atoms with van der Waals surface area (Å²) in [5, 5.41) is 23.6. The molecule has 1 aromatic heterocycles. The molecule has 1 unspecified atom stereocenters. The van der Waals surface area contributed by atoms with E-state index in [-0.39, 0.29) is 0 Å². The van der Waals surface area contributed by atoms with Crippen LogP contribution in [0.4, 0.5) is 0 Å². The maximum absolute atomic E-state index is 10.2. The minimum absolute atomic E-state index is 0.420. The van der Waals surface area contributed by atoms with Gasteiger partial charge in [-0.3, -0.25) is 0 Å². The van der Waals surface area contributed by atoms with Crippen LogP contribution in [-0.2, 0) is 0 Å². The Bertz CT molecular complexity index is 617. The highest BCUT2D eigenvalue weighted by atomic mass is 35.5. The Morgan fingerprint density at radius 1 is 1.40 bits per heavy atom. The van der Waals surface area contributed by atoms with Gasteiger partial charge in [-0.2, -0.15) is 0 Å². The third-order valence-electron chi connectivity index (χ3n) is 3.05. The first-order valence-corrected chi connectivity index (χ1v) is 7.93.